The molecule has 0 atom stereocenters. The van der Waals surface area contributed by atoms with E-state index in [9.17, 15) is 4.79 Å². The predicted octanol–water partition coefficient (Wildman–Crippen LogP) is 4.32. The summed E-state index contributed by atoms with van der Waals surface area (Å²) in [5.74, 6) is 0. The van der Waals surface area contributed by atoms with Crippen LogP contribution in [0.1, 0.15) is 31.9 Å². The van der Waals surface area contributed by atoms with E-state index in [1.54, 1.807) is 0 Å². The van der Waals surface area contributed by atoms with Crippen LogP contribution in [-0.4, -0.2) is 11.7 Å². The summed E-state index contributed by atoms with van der Waals surface area (Å²) >= 11 is 0. The van der Waals surface area contributed by atoms with Gasteiger partial charge < -0.3 is 15.4 Å². The molecule has 1 amide bonds. The fraction of sp³-hybridized carbons (Fsp3) is 0.316. The molecule has 0 aliphatic rings. The van der Waals surface area contributed by atoms with E-state index in [1.165, 1.54) is 5.56 Å². The number of carbonyl (C=O) groups excluding carboxylic acids is 1. The molecule has 0 fully saturated rings. The molecule has 0 aromatic heterocycles. The molecule has 0 saturated heterocycles. The zero-order chi connectivity index (χ0) is 16.7. The number of nitrogens with one attached hydrogen (secondary N) is 2. The molecule has 0 aliphatic carbocycles. The van der Waals surface area contributed by atoms with Crippen LogP contribution >= 0.6 is 0 Å². The lowest BCUT2D eigenvalue weighted by Gasteiger charge is -2.20. The quantitative estimate of drug-likeness (QED) is 0.864. The first-order valence-corrected chi connectivity index (χ1v) is 7.76. The van der Waals surface area contributed by atoms with Crippen LogP contribution in [0.5, 0.6) is 0 Å². The molecule has 2 rings (SSSR count). The minimum absolute atomic E-state index is 0.407. The van der Waals surface area contributed by atoms with E-state index in [0.717, 1.165) is 17.8 Å². The van der Waals surface area contributed by atoms with Gasteiger partial charge in [0.1, 0.15) is 5.60 Å². The van der Waals surface area contributed by atoms with Crippen LogP contribution in [0.2, 0.25) is 0 Å². The third-order valence-electron chi connectivity index (χ3n) is 3.17. The van der Waals surface area contributed by atoms with E-state index in [4.69, 9.17) is 4.74 Å². The second kappa shape index (κ2) is 7.68. The molecule has 0 heterocycles. The smallest absolute Gasteiger partial charge is 0.407 e. The Bertz CT molecular complexity index is 633. The Hall–Kier alpha value is -2.49. The van der Waals surface area contributed by atoms with Crippen LogP contribution in [0, 0.1) is 0 Å². The molecule has 2 aromatic carbocycles. The third kappa shape index (κ3) is 6.02. The largest absolute Gasteiger partial charge is 0.444 e. The highest BCUT2D eigenvalue weighted by atomic mass is 16.6. The summed E-state index contributed by atoms with van der Waals surface area (Å²) in [7, 11) is 0. The number of hydrogen-bond donors (Lipinski definition) is 2. The molecule has 23 heavy (non-hydrogen) atoms. The zero-order valence-electron chi connectivity index (χ0n) is 13.9. The van der Waals surface area contributed by atoms with Crippen molar-refractivity contribution in [2.24, 2.45) is 0 Å². The Morgan fingerprint density at radius 2 is 1.61 bits per heavy atom. The average molecular weight is 312 g/mol. The number of amides is 1. The second-order valence-corrected chi connectivity index (χ2v) is 6.35. The van der Waals surface area contributed by atoms with Crippen LogP contribution < -0.4 is 10.6 Å². The first-order chi connectivity index (χ1) is 10.9. The third-order valence-corrected chi connectivity index (χ3v) is 3.17. The van der Waals surface area contributed by atoms with Gasteiger partial charge in [-0.1, -0.05) is 48.5 Å². The molecule has 2 aromatic rings. The summed E-state index contributed by atoms with van der Waals surface area (Å²) in [6.45, 7) is 6.71. The van der Waals surface area contributed by atoms with Crippen LogP contribution in [0.15, 0.2) is 54.6 Å². The summed E-state index contributed by atoms with van der Waals surface area (Å²) in [5.41, 5.74) is 2.75. The maximum atomic E-state index is 11.8. The molecule has 0 spiro atoms. The van der Waals surface area contributed by atoms with Gasteiger partial charge in [0.15, 0.2) is 0 Å². The molecular weight excluding hydrogens is 288 g/mol. The molecule has 0 aliphatic heterocycles. The van der Waals surface area contributed by atoms with E-state index in [1.807, 2.05) is 63.2 Å². The van der Waals surface area contributed by atoms with Gasteiger partial charge in [-0.15, -0.1) is 0 Å². The van der Waals surface area contributed by atoms with Crippen molar-refractivity contribution in [3.63, 3.8) is 0 Å². The van der Waals surface area contributed by atoms with Crippen LogP contribution in [0.4, 0.5) is 10.5 Å². The number of carbonyl (C=O) groups is 1. The van der Waals surface area contributed by atoms with Gasteiger partial charge in [0.25, 0.3) is 0 Å². The average Bonchev–Trinajstić information content (AvgIpc) is 2.51. The van der Waals surface area contributed by atoms with Crippen LogP contribution in [-0.2, 0) is 17.8 Å². The van der Waals surface area contributed by atoms with Gasteiger partial charge in [-0.2, -0.15) is 0 Å². The van der Waals surface area contributed by atoms with Crippen molar-refractivity contribution in [2.75, 3.05) is 5.32 Å². The molecule has 4 nitrogen and oxygen atoms in total. The lowest BCUT2D eigenvalue weighted by Crippen LogP contribution is -2.32. The summed E-state index contributed by atoms with van der Waals surface area (Å²) in [5, 5.41) is 6.20. The number of anilines is 1. The van der Waals surface area contributed by atoms with Gasteiger partial charge in [-0.05, 0) is 38.0 Å². The van der Waals surface area contributed by atoms with Crippen molar-refractivity contribution in [3.05, 3.63) is 65.7 Å². The topological polar surface area (TPSA) is 50.4 Å². The monoisotopic (exact) mass is 312 g/mol. The van der Waals surface area contributed by atoms with Gasteiger partial charge >= 0.3 is 6.09 Å². The Labute approximate surface area is 137 Å². The minimum Gasteiger partial charge on any atom is -0.444 e. The highest BCUT2D eigenvalue weighted by Gasteiger charge is 2.16. The summed E-state index contributed by atoms with van der Waals surface area (Å²) in [6, 6.07) is 18.1. The summed E-state index contributed by atoms with van der Waals surface area (Å²) < 4.78 is 5.26. The van der Waals surface area contributed by atoms with Crippen LogP contribution in [0.3, 0.4) is 0 Å². The molecule has 0 unspecified atom stereocenters. The fourth-order valence-electron chi connectivity index (χ4n) is 2.12. The highest BCUT2D eigenvalue weighted by Crippen LogP contribution is 2.16. The molecule has 0 bridgehead atoms. The van der Waals surface area contributed by atoms with Gasteiger partial charge in [-0.3, -0.25) is 0 Å². The predicted molar refractivity (Wildman–Crippen MR) is 93.3 cm³/mol. The second-order valence-electron chi connectivity index (χ2n) is 6.35. The number of para-hydroxylation sites is 1. The number of benzene rings is 2. The first-order valence-electron chi connectivity index (χ1n) is 7.76. The molecule has 122 valence electrons. The minimum atomic E-state index is -0.491. The Balaban J connectivity index is 1.93. The number of rotatable bonds is 5. The van der Waals surface area contributed by atoms with Crippen molar-refractivity contribution < 1.29 is 9.53 Å². The SMILES string of the molecule is CC(C)(C)OC(=O)NCc1ccccc1NCc1ccccc1. The molecule has 4 heteroatoms. The number of alkyl carbamates (subject to hydrolysis) is 1. The van der Waals surface area contributed by atoms with E-state index in [2.05, 4.69) is 22.8 Å². The summed E-state index contributed by atoms with van der Waals surface area (Å²) in [6.07, 6.45) is -0.407. The number of hydrogen-bond acceptors (Lipinski definition) is 3. The lowest BCUT2D eigenvalue weighted by molar-refractivity contribution is 0.0523. The summed E-state index contributed by atoms with van der Waals surface area (Å²) in [4.78, 5) is 11.8. The van der Waals surface area contributed by atoms with Gasteiger partial charge in [-0.25, -0.2) is 4.79 Å². The standard InChI is InChI=1S/C19H24N2O2/c1-19(2,3)23-18(22)21-14-16-11-7-8-12-17(16)20-13-15-9-5-4-6-10-15/h4-12,20H,13-14H2,1-3H3,(H,21,22). The Morgan fingerprint density at radius 3 is 2.30 bits per heavy atom. The molecular formula is C19H24N2O2. The fourth-order valence-corrected chi connectivity index (χ4v) is 2.12. The highest BCUT2D eigenvalue weighted by molar-refractivity contribution is 5.68. The van der Waals surface area contributed by atoms with Crippen molar-refractivity contribution in [3.8, 4) is 0 Å². The molecule has 0 radical (unpaired) electrons. The Kier molecular flexibility index (Phi) is 5.63. The lowest BCUT2D eigenvalue weighted by atomic mass is 10.1. The van der Waals surface area contributed by atoms with Gasteiger partial charge in [0.05, 0.1) is 0 Å². The van der Waals surface area contributed by atoms with Gasteiger partial charge in [0, 0.05) is 18.8 Å². The van der Waals surface area contributed by atoms with E-state index in [0.29, 0.717) is 6.54 Å². The zero-order valence-corrected chi connectivity index (χ0v) is 13.9. The number of ether oxygens (including phenoxy) is 1. The van der Waals surface area contributed by atoms with E-state index >= 15 is 0 Å². The van der Waals surface area contributed by atoms with Crippen molar-refractivity contribution in [2.45, 2.75) is 39.5 Å². The van der Waals surface area contributed by atoms with Crippen molar-refractivity contribution in [1.82, 2.24) is 5.32 Å². The van der Waals surface area contributed by atoms with Crippen molar-refractivity contribution >= 4 is 11.8 Å². The van der Waals surface area contributed by atoms with E-state index < -0.39 is 11.7 Å². The first kappa shape index (κ1) is 16.9. The van der Waals surface area contributed by atoms with Gasteiger partial charge in [0.2, 0.25) is 0 Å². The maximum Gasteiger partial charge on any atom is 0.407 e. The normalized spacial score (nSPS) is 10.9. The molecule has 0 saturated carbocycles. The maximum absolute atomic E-state index is 11.8. The Morgan fingerprint density at radius 1 is 0.957 bits per heavy atom. The molecule has 2 N–H and O–H groups in total. The van der Waals surface area contributed by atoms with Crippen molar-refractivity contribution in [1.29, 1.82) is 0 Å². The van der Waals surface area contributed by atoms with E-state index in [-0.39, 0.29) is 0 Å². The van der Waals surface area contributed by atoms with Crippen LogP contribution in [0.25, 0.3) is 0 Å².